The molecule has 2 fully saturated rings. The predicted molar refractivity (Wildman–Crippen MR) is 97.1 cm³/mol. The summed E-state index contributed by atoms with van der Waals surface area (Å²) >= 11 is 0. The van der Waals surface area contributed by atoms with E-state index in [9.17, 15) is 4.79 Å². The topological polar surface area (TPSA) is 66.6 Å². The Balaban J connectivity index is 1.30. The number of aromatic nitrogens is 4. The van der Waals surface area contributed by atoms with Crippen LogP contribution >= 0.6 is 0 Å². The van der Waals surface area contributed by atoms with Crippen molar-refractivity contribution in [2.45, 2.75) is 6.92 Å². The second kappa shape index (κ2) is 5.79. The van der Waals surface area contributed by atoms with Crippen LogP contribution in [-0.2, 0) is 0 Å². The van der Waals surface area contributed by atoms with Crippen molar-refractivity contribution in [2.75, 3.05) is 31.1 Å². The van der Waals surface area contributed by atoms with Crippen molar-refractivity contribution in [3.63, 3.8) is 0 Å². The number of benzene rings is 1. The van der Waals surface area contributed by atoms with Crippen LogP contribution in [0.25, 0.3) is 5.65 Å². The van der Waals surface area contributed by atoms with Gasteiger partial charge in [0.2, 0.25) is 0 Å². The van der Waals surface area contributed by atoms with E-state index in [4.69, 9.17) is 0 Å². The zero-order valence-electron chi connectivity index (χ0n) is 14.6. The van der Waals surface area contributed by atoms with Gasteiger partial charge in [-0.25, -0.2) is 0 Å². The van der Waals surface area contributed by atoms with E-state index in [1.54, 1.807) is 4.52 Å². The molecule has 1 amide bonds. The molecule has 0 N–H and O–H groups in total. The molecule has 7 nitrogen and oxygen atoms in total. The molecule has 2 aliphatic rings. The number of hydrogen-bond donors (Lipinski definition) is 0. The quantitative estimate of drug-likeness (QED) is 0.704. The Kier molecular flexibility index (Phi) is 3.41. The number of anilines is 1. The van der Waals surface area contributed by atoms with Gasteiger partial charge >= 0.3 is 0 Å². The van der Waals surface area contributed by atoms with Crippen LogP contribution in [0.1, 0.15) is 16.2 Å². The van der Waals surface area contributed by atoms with E-state index >= 15 is 0 Å². The minimum atomic E-state index is 0.145. The highest BCUT2D eigenvalue weighted by Gasteiger charge is 2.42. The number of rotatable bonds is 2. The summed E-state index contributed by atoms with van der Waals surface area (Å²) in [5, 5.41) is 12.8. The van der Waals surface area contributed by atoms with E-state index in [1.165, 1.54) is 0 Å². The fraction of sp³-hybridized carbons (Fsp3) is 0.368. The number of likely N-dealkylation sites (tertiary alicyclic amines) is 1. The maximum absolute atomic E-state index is 12.7. The third-order valence-corrected chi connectivity index (χ3v) is 5.52. The Hall–Kier alpha value is -2.96. The molecule has 2 saturated heterocycles. The molecule has 0 spiro atoms. The van der Waals surface area contributed by atoms with Crippen LogP contribution in [0.2, 0.25) is 0 Å². The van der Waals surface area contributed by atoms with Gasteiger partial charge in [-0.1, -0.05) is 18.2 Å². The van der Waals surface area contributed by atoms with Gasteiger partial charge in [0.15, 0.2) is 11.5 Å². The van der Waals surface area contributed by atoms with Crippen LogP contribution in [0, 0.1) is 18.8 Å². The highest BCUT2D eigenvalue weighted by molar-refractivity contribution is 5.94. The zero-order valence-corrected chi connectivity index (χ0v) is 14.6. The van der Waals surface area contributed by atoms with Crippen molar-refractivity contribution in [2.24, 2.45) is 11.8 Å². The van der Waals surface area contributed by atoms with Gasteiger partial charge in [-0.05, 0) is 31.2 Å². The van der Waals surface area contributed by atoms with Gasteiger partial charge in [0.05, 0.1) is 0 Å². The van der Waals surface area contributed by atoms with Gasteiger partial charge < -0.3 is 9.80 Å². The van der Waals surface area contributed by atoms with E-state index in [-0.39, 0.29) is 5.91 Å². The van der Waals surface area contributed by atoms with Gasteiger partial charge in [-0.3, -0.25) is 4.79 Å². The predicted octanol–water partition coefficient (Wildman–Crippen LogP) is 1.64. The molecule has 2 aliphatic heterocycles. The third-order valence-electron chi connectivity index (χ3n) is 5.52. The molecule has 0 aliphatic carbocycles. The Morgan fingerprint density at radius 3 is 2.42 bits per heavy atom. The summed E-state index contributed by atoms with van der Waals surface area (Å²) in [7, 11) is 0. The fourth-order valence-electron chi connectivity index (χ4n) is 4.16. The second-order valence-electron chi connectivity index (χ2n) is 7.21. The normalized spacial score (nSPS) is 22.2. The Morgan fingerprint density at radius 1 is 0.962 bits per heavy atom. The Bertz CT molecular complexity index is 955. The number of aryl methyl sites for hydroxylation is 1. The van der Waals surface area contributed by atoms with Crippen molar-refractivity contribution in [3.8, 4) is 0 Å². The first-order chi connectivity index (χ1) is 12.7. The van der Waals surface area contributed by atoms with Gasteiger partial charge in [0, 0.05) is 43.6 Å². The molecule has 3 aromatic rings. The molecule has 2 atom stereocenters. The largest absolute Gasteiger partial charge is 0.354 e. The minimum absolute atomic E-state index is 0.145. The van der Waals surface area contributed by atoms with Crippen LogP contribution in [0.4, 0.5) is 5.82 Å². The monoisotopic (exact) mass is 348 g/mol. The molecule has 132 valence electrons. The van der Waals surface area contributed by atoms with E-state index < -0.39 is 0 Å². The number of carbonyl (C=O) groups is 1. The molecule has 0 saturated carbocycles. The van der Waals surface area contributed by atoms with E-state index in [0.717, 1.165) is 49.0 Å². The summed E-state index contributed by atoms with van der Waals surface area (Å²) in [4.78, 5) is 17.0. The van der Waals surface area contributed by atoms with E-state index in [2.05, 4.69) is 20.2 Å². The molecule has 5 rings (SSSR count). The standard InChI is InChI=1S/C19H20N6O/c1-13-20-21-17-7-8-18(22-25(13)17)23-9-15-11-24(12-16(15)10-23)19(26)14-5-3-2-4-6-14/h2-8,15-16H,9-12H2,1H3. The second-order valence-corrected chi connectivity index (χ2v) is 7.21. The third kappa shape index (κ3) is 2.42. The highest BCUT2D eigenvalue weighted by atomic mass is 16.2. The summed E-state index contributed by atoms with van der Waals surface area (Å²) in [6.07, 6.45) is 0. The van der Waals surface area contributed by atoms with Gasteiger partial charge in [-0.15, -0.1) is 15.3 Å². The van der Waals surface area contributed by atoms with Crippen LogP contribution in [0.15, 0.2) is 42.5 Å². The van der Waals surface area contributed by atoms with Gasteiger partial charge in [0.25, 0.3) is 5.91 Å². The molecule has 0 radical (unpaired) electrons. The molecular formula is C19H20N6O. The number of carbonyl (C=O) groups excluding carboxylic acids is 1. The summed E-state index contributed by atoms with van der Waals surface area (Å²) in [5.41, 5.74) is 1.55. The maximum atomic E-state index is 12.7. The lowest BCUT2D eigenvalue weighted by atomic mass is 10.0. The van der Waals surface area contributed by atoms with Crippen LogP contribution < -0.4 is 4.90 Å². The molecule has 26 heavy (non-hydrogen) atoms. The van der Waals surface area contributed by atoms with Crippen LogP contribution in [-0.4, -0.2) is 56.8 Å². The molecule has 2 unspecified atom stereocenters. The van der Waals surface area contributed by atoms with E-state index in [0.29, 0.717) is 11.8 Å². The van der Waals surface area contributed by atoms with Crippen LogP contribution in [0.3, 0.4) is 0 Å². The molecule has 4 heterocycles. The van der Waals surface area contributed by atoms with Gasteiger partial charge in [-0.2, -0.15) is 4.52 Å². The minimum Gasteiger partial charge on any atom is -0.354 e. The first-order valence-electron chi connectivity index (χ1n) is 8.97. The summed E-state index contributed by atoms with van der Waals surface area (Å²) < 4.78 is 1.79. The van der Waals surface area contributed by atoms with E-state index in [1.807, 2.05) is 54.3 Å². The Labute approximate surface area is 151 Å². The van der Waals surface area contributed by atoms with Gasteiger partial charge in [0.1, 0.15) is 5.82 Å². The number of amides is 1. The maximum Gasteiger partial charge on any atom is 0.253 e. The average molecular weight is 348 g/mol. The first-order valence-corrected chi connectivity index (χ1v) is 8.97. The van der Waals surface area contributed by atoms with Crippen molar-refractivity contribution in [1.82, 2.24) is 24.7 Å². The lowest BCUT2D eigenvalue weighted by molar-refractivity contribution is 0.0782. The number of nitrogens with zero attached hydrogens (tertiary/aromatic N) is 6. The molecule has 0 bridgehead atoms. The summed E-state index contributed by atoms with van der Waals surface area (Å²) in [6.45, 7) is 5.42. The van der Waals surface area contributed by atoms with Crippen molar-refractivity contribution >= 4 is 17.4 Å². The molecular weight excluding hydrogens is 328 g/mol. The SMILES string of the molecule is Cc1nnc2ccc(N3CC4CN(C(=O)c5ccccc5)CC4C3)nn12. The zero-order chi connectivity index (χ0) is 17.7. The first kappa shape index (κ1) is 15.3. The number of hydrogen-bond acceptors (Lipinski definition) is 5. The molecule has 7 heteroatoms. The Morgan fingerprint density at radius 2 is 1.69 bits per heavy atom. The fourth-order valence-corrected chi connectivity index (χ4v) is 4.16. The molecule has 2 aromatic heterocycles. The summed E-state index contributed by atoms with van der Waals surface area (Å²) in [6, 6.07) is 13.5. The number of fused-ring (bicyclic) bond motifs is 2. The smallest absolute Gasteiger partial charge is 0.253 e. The summed E-state index contributed by atoms with van der Waals surface area (Å²) in [5.74, 6) is 2.90. The van der Waals surface area contributed by atoms with Crippen LogP contribution in [0.5, 0.6) is 0 Å². The lowest BCUT2D eigenvalue weighted by Crippen LogP contribution is -2.33. The van der Waals surface area contributed by atoms with Crippen molar-refractivity contribution in [3.05, 3.63) is 53.9 Å². The average Bonchev–Trinajstić information content (AvgIpc) is 3.35. The van der Waals surface area contributed by atoms with Crippen molar-refractivity contribution in [1.29, 1.82) is 0 Å². The molecule has 1 aromatic carbocycles. The van der Waals surface area contributed by atoms with Crippen molar-refractivity contribution < 1.29 is 4.79 Å². The highest BCUT2D eigenvalue weighted by Crippen LogP contribution is 2.33. The lowest BCUT2D eigenvalue weighted by Gasteiger charge is -2.22.